The first-order valence-corrected chi connectivity index (χ1v) is 7.32. The zero-order chi connectivity index (χ0) is 16.2. The predicted molar refractivity (Wildman–Crippen MR) is 91.5 cm³/mol. The van der Waals surface area contributed by atoms with Crippen LogP contribution >= 0.6 is 0 Å². The molecule has 0 amide bonds. The zero-order valence-electron chi connectivity index (χ0n) is 13.1. The summed E-state index contributed by atoms with van der Waals surface area (Å²) < 4.78 is 10.4. The van der Waals surface area contributed by atoms with Crippen LogP contribution in [0.4, 0.5) is 0 Å². The standard InChI is InChI=1S/C18H19N3O2/c1-22-14-5-3-4-12(8-14)11-20-18(19)17-10-13-9-15(23-2)6-7-16(13)21-17/h3-10,21H,11H2,1-2H3,(H2,19,20). The number of benzene rings is 2. The third-order valence-electron chi connectivity index (χ3n) is 3.70. The van der Waals surface area contributed by atoms with Gasteiger partial charge in [0.05, 0.1) is 19.9 Å². The first kappa shape index (κ1) is 15.0. The Morgan fingerprint density at radius 2 is 1.83 bits per heavy atom. The maximum absolute atomic E-state index is 8.20. The monoisotopic (exact) mass is 309 g/mol. The summed E-state index contributed by atoms with van der Waals surface area (Å²) in [5.74, 6) is 1.97. The van der Waals surface area contributed by atoms with Crippen LogP contribution in [0.2, 0.25) is 0 Å². The number of rotatable bonds is 5. The van der Waals surface area contributed by atoms with Crippen LogP contribution in [0, 0.1) is 5.41 Å². The van der Waals surface area contributed by atoms with Crippen molar-refractivity contribution in [2.45, 2.75) is 6.54 Å². The molecule has 0 fully saturated rings. The molecule has 0 radical (unpaired) electrons. The molecule has 0 saturated heterocycles. The molecule has 5 heteroatoms. The van der Waals surface area contributed by atoms with E-state index in [2.05, 4.69) is 10.3 Å². The van der Waals surface area contributed by atoms with Gasteiger partial charge in [-0.15, -0.1) is 0 Å². The molecule has 0 unspecified atom stereocenters. The second-order valence-electron chi connectivity index (χ2n) is 5.22. The van der Waals surface area contributed by atoms with Crippen molar-refractivity contribution in [3.8, 4) is 11.5 Å². The van der Waals surface area contributed by atoms with Crippen LogP contribution in [-0.4, -0.2) is 25.0 Å². The van der Waals surface area contributed by atoms with Crippen molar-refractivity contribution in [3.05, 3.63) is 59.8 Å². The van der Waals surface area contributed by atoms with Gasteiger partial charge in [0.2, 0.25) is 0 Å². The van der Waals surface area contributed by atoms with E-state index in [9.17, 15) is 0 Å². The molecule has 1 aromatic heterocycles. The fourth-order valence-electron chi connectivity index (χ4n) is 2.44. The van der Waals surface area contributed by atoms with Crippen molar-refractivity contribution in [1.82, 2.24) is 10.3 Å². The second-order valence-corrected chi connectivity index (χ2v) is 5.22. The molecule has 3 N–H and O–H groups in total. The number of aromatic amines is 1. The zero-order valence-corrected chi connectivity index (χ0v) is 13.1. The average Bonchev–Trinajstić information content (AvgIpc) is 3.03. The van der Waals surface area contributed by atoms with E-state index in [0.29, 0.717) is 12.4 Å². The molecule has 0 bridgehead atoms. The van der Waals surface area contributed by atoms with Crippen LogP contribution < -0.4 is 14.8 Å². The van der Waals surface area contributed by atoms with Crippen LogP contribution in [0.3, 0.4) is 0 Å². The number of aromatic nitrogens is 1. The molecule has 23 heavy (non-hydrogen) atoms. The van der Waals surface area contributed by atoms with E-state index in [4.69, 9.17) is 14.9 Å². The molecule has 3 aromatic rings. The van der Waals surface area contributed by atoms with E-state index in [1.165, 1.54) is 0 Å². The molecule has 0 aliphatic rings. The van der Waals surface area contributed by atoms with E-state index < -0.39 is 0 Å². The molecule has 0 aliphatic carbocycles. The highest BCUT2D eigenvalue weighted by molar-refractivity contribution is 5.99. The summed E-state index contributed by atoms with van der Waals surface area (Å²) in [4.78, 5) is 3.24. The number of H-pyrrole nitrogens is 1. The minimum atomic E-state index is 0.350. The molecular weight excluding hydrogens is 290 g/mol. The molecular formula is C18H19N3O2. The largest absolute Gasteiger partial charge is 0.497 e. The fourth-order valence-corrected chi connectivity index (χ4v) is 2.44. The molecule has 0 atom stereocenters. The lowest BCUT2D eigenvalue weighted by atomic mass is 10.2. The topological polar surface area (TPSA) is 70.1 Å². The lowest BCUT2D eigenvalue weighted by Crippen LogP contribution is -2.23. The minimum Gasteiger partial charge on any atom is -0.497 e. The summed E-state index contributed by atoms with van der Waals surface area (Å²) >= 11 is 0. The number of ether oxygens (including phenoxy) is 2. The molecule has 1 heterocycles. The van der Waals surface area contributed by atoms with Gasteiger partial charge in [0.25, 0.3) is 0 Å². The lowest BCUT2D eigenvalue weighted by molar-refractivity contribution is 0.414. The van der Waals surface area contributed by atoms with Gasteiger partial charge in [-0.1, -0.05) is 12.1 Å². The summed E-state index contributed by atoms with van der Waals surface area (Å²) in [5, 5.41) is 12.3. The fraction of sp³-hybridized carbons (Fsp3) is 0.167. The van der Waals surface area contributed by atoms with E-state index in [1.54, 1.807) is 14.2 Å². The Balaban J connectivity index is 1.72. The maximum Gasteiger partial charge on any atom is 0.142 e. The SMILES string of the molecule is COc1cccc(CNC(=N)c2cc3cc(OC)ccc3[nH]2)c1. The Morgan fingerprint density at radius 1 is 1.04 bits per heavy atom. The lowest BCUT2D eigenvalue weighted by Gasteiger charge is -2.08. The van der Waals surface area contributed by atoms with E-state index in [-0.39, 0.29) is 0 Å². The smallest absolute Gasteiger partial charge is 0.142 e. The van der Waals surface area contributed by atoms with Crippen molar-refractivity contribution < 1.29 is 9.47 Å². The molecule has 0 aliphatic heterocycles. The molecule has 0 spiro atoms. The van der Waals surface area contributed by atoms with Crippen LogP contribution in [-0.2, 0) is 6.54 Å². The van der Waals surface area contributed by atoms with Crippen LogP contribution in [0.25, 0.3) is 10.9 Å². The van der Waals surface area contributed by atoms with Gasteiger partial charge in [0, 0.05) is 17.4 Å². The van der Waals surface area contributed by atoms with Gasteiger partial charge in [-0.05, 0) is 42.0 Å². The molecule has 0 saturated carbocycles. The van der Waals surface area contributed by atoms with E-state index in [0.717, 1.165) is 33.7 Å². The van der Waals surface area contributed by atoms with Crippen molar-refractivity contribution in [2.24, 2.45) is 0 Å². The number of amidine groups is 1. The summed E-state index contributed by atoms with van der Waals surface area (Å²) in [6.45, 7) is 0.564. The van der Waals surface area contributed by atoms with Gasteiger partial charge >= 0.3 is 0 Å². The Bertz CT molecular complexity index is 839. The Morgan fingerprint density at radius 3 is 2.61 bits per heavy atom. The summed E-state index contributed by atoms with van der Waals surface area (Å²) in [6, 6.07) is 15.5. The number of methoxy groups -OCH3 is 2. The van der Waals surface area contributed by atoms with E-state index in [1.807, 2.05) is 48.5 Å². The third kappa shape index (κ3) is 3.29. The van der Waals surface area contributed by atoms with Gasteiger partial charge in [-0.3, -0.25) is 5.41 Å². The Hall–Kier alpha value is -2.95. The van der Waals surface area contributed by atoms with Gasteiger partial charge in [-0.2, -0.15) is 0 Å². The number of nitrogens with one attached hydrogen (secondary N) is 3. The number of hydrogen-bond acceptors (Lipinski definition) is 3. The van der Waals surface area contributed by atoms with Crippen LogP contribution in [0.1, 0.15) is 11.3 Å². The summed E-state index contributed by atoms with van der Waals surface area (Å²) in [5.41, 5.74) is 2.79. The van der Waals surface area contributed by atoms with Crippen molar-refractivity contribution in [2.75, 3.05) is 14.2 Å². The molecule has 2 aromatic carbocycles. The van der Waals surface area contributed by atoms with Crippen molar-refractivity contribution in [3.63, 3.8) is 0 Å². The first-order chi connectivity index (χ1) is 11.2. The molecule has 118 valence electrons. The second kappa shape index (κ2) is 6.44. The average molecular weight is 309 g/mol. The number of fused-ring (bicyclic) bond motifs is 1. The quantitative estimate of drug-likeness (QED) is 0.500. The highest BCUT2D eigenvalue weighted by Crippen LogP contribution is 2.21. The number of hydrogen-bond donors (Lipinski definition) is 3. The Kier molecular flexibility index (Phi) is 4.19. The van der Waals surface area contributed by atoms with Gasteiger partial charge in [0.1, 0.15) is 17.3 Å². The van der Waals surface area contributed by atoms with E-state index >= 15 is 0 Å². The highest BCUT2D eigenvalue weighted by atomic mass is 16.5. The molecule has 5 nitrogen and oxygen atoms in total. The van der Waals surface area contributed by atoms with Crippen LogP contribution in [0.5, 0.6) is 11.5 Å². The molecule has 3 rings (SSSR count). The first-order valence-electron chi connectivity index (χ1n) is 7.32. The van der Waals surface area contributed by atoms with Crippen molar-refractivity contribution in [1.29, 1.82) is 5.41 Å². The van der Waals surface area contributed by atoms with Crippen LogP contribution in [0.15, 0.2) is 48.5 Å². The van der Waals surface area contributed by atoms with Crippen molar-refractivity contribution >= 4 is 16.7 Å². The highest BCUT2D eigenvalue weighted by Gasteiger charge is 2.07. The van der Waals surface area contributed by atoms with Gasteiger partial charge in [0.15, 0.2) is 0 Å². The third-order valence-corrected chi connectivity index (χ3v) is 3.70. The normalized spacial score (nSPS) is 10.5. The maximum atomic E-state index is 8.20. The minimum absolute atomic E-state index is 0.350. The summed E-state index contributed by atoms with van der Waals surface area (Å²) in [7, 11) is 3.29. The Labute approximate surface area is 134 Å². The van der Waals surface area contributed by atoms with Gasteiger partial charge in [-0.25, -0.2) is 0 Å². The summed E-state index contributed by atoms with van der Waals surface area (Å²) in [6.07, 6.45) is 0. The predicted octanol–water partition coefficient (Wildman–Crippen LogP) is 3.30. The van der Waals surface area contributed by atoms with Gasteiger partial charge < -0.3 is 19.8 Å².